The summed E-state index contributed by atoms with van der Waals surface area (Å²) in [6, 6.07) is 8.45. The summed E-state index contributed by atoms with van der Waals surface area (Å²) < 4.78 is 27.4. The van der Waals surface area contributed by atoms with Gasteiger partial charge >= 0.3 is 0 Å². The number of nitrogens with zero attached hydrogens (tertiary/aromatic N) is 1. The molecule has 0 radical (unpaired) electrons. The molecule has 3 rings (SSSR count). The van der Waals surface area contributed by atoms with Crippen LogP contribution >= 0.6 is 15.9 Å². The van der Waals surface area contributed by atoms with Crippen molar-refractivity contribution < 1.29 is 13.9 Å². The van der Waals surface area contributed by atoms with Gasteiger partial charge in [-0.1, -0.05) is 12.1 Å². The molecule has 6 heteroatoms. The van der Waals surface area contributed by atoms with Gasteiger partial charge in [0.2, 0.25) is 5.82 Å². The van der Waals surface area contributed by atoms with Gasteiger partial charge in [0.05, 0.1) is 21.1 Å². The molecule has 0 aliphatic rings. The van der Waals surface area contributed by atoms with Crippen LogP contribution in [-0.2, 0) is 0 Å². The Morgan fingerprint density at radius 3 is 2.63 bits per heavy atom. The van der Waals surface area contributed by atoms with Crippen LogP contribution in [0.2, 0.25) is 0 Å². The molecule has 3 nitrogen and oxygen atoms in total. The van der Waals surface area contributed by atoms with Crippen LogP contribution < -0.4 is 0 Å². The van der Waals surface area contributed by atoms with Crippen LogP contribution in [0.1, 0.15) is 0 Å². The number of phenolic OH excluding ortho intramolecular Hbond substituents is 1. The second kappa shape index (κ2) is 4.31. The molecular weight excluding hydrogens is 318 g/mol. The first-order valence-corrected chi connectivity index (χ1v) is 6.19. The van der Waals surface area contributed by atoms with Crippen molar-refractivity contribution >= 4 is 27.0 Å². The number of para-hydroxylation sites is 2. The lowest BCUT2D eigenvalue weighted by Crippen LogP contribution is -1.93. The van der Waals surface area contributed by atoms with E-state index < -0.39 is 17.4 Å². The van der Waals surface area contributed by atoms with E-state index in [2.05, 4.69) is 25.9 Å². The minimum atomic E-state index is -1.30. The number of aromatic hydroxyl groups is 1. The molecule has 0 aliphatic heterocycles. The minimum Gasteiger partial charge on any atom is -0.504 e. The topological polar surface area (TPSA) is 48.9 Å². The van der Waals surface area contributed by atoms with E-state index in [1.165, 1.54) is 6.07 Å². The fraction of sp³-hybridized carbons (Fsp3) is 0. The van der Waals surface area contributed by atoms with E-state index in [9.17, 15) is 13.9 Å². The lowest BCUT2D eigenvalue weighted by Gasteiger charge is -2.04. The van der Waals surface area contributed by atoms with Crippen molar-refractivity contribution in [1.29, 1.82) is 0 Å². The monoisotopic (exact) mass is 324 g/mol. The zero-order valence-electron chi connectivity index (χ0n) is 9.42. The molecule has 96 valence electrons. The van der Waals surface area contributed by atoms with E-state index >= 15 is 0 Å². The number of hydrogen-bond donors (Lipinski definition) is 2. The molecule has 0 bridgehead atoms. The van der Waals surface area contributed by atoms with Crippen molar-refractivity contribution in [3.8, 4) is 17.1 Å². The molecule has 2 N–H and O–H groups in total. The standard InChI is InChI=1S/C13H7BrF2N2O/c14-7-5-6(10(15)11(16)12(7)19)13-17-8-3-1-2-4-9(8)18-13/h1-5,19H,(H,17,18). The normalized spacial score (nSPS) is 11.1. The highest BCUT2D eigenvalue weighted by Crippen LogP contribution is 2.35. The summed E-state index contributed by atoms with van der Waals surface area (Å²) in [5.41, 5.74) is 1.33. The SMILES string of the molecule is Oc1c(Br)cc(-c2nc3ccccc3[nH]2)c(F)c1F. The molecule has 1 heterocycles. The van der Waals surface area contributed by atoms with Gasteiger partial charge in [-0.25, -0.2) is 9.37 Å². The molecule has 3 aromatic rings. The Labute approximate surface area is 115 Å². The number of rotatable bonds is 1. The van der Waals surface area contributed by atoms with Crippen molar-refractivity contribution in [2.75, 3.05) is 0 Å². The minimum absolute atomic E-state index is 0.0432. The third-order valence-corrected chi connectivity index (χ3v) is 3.38. The van der Waals surface area contributed by atoms with E-state index in [1.54, 1.807) is 18.2 Å². The Morgan fingerprint density at radius 1 is 1.16 bits per heavy atom. The molecule has 0 unspecified atom stereocenters. The number of H-pyrrole nitrogens is 1. The first kappa shape index (κ1) is 12.1. The van der Waals surface area contributed by atoms with Crippen molar-refractivity contribution in [1.82, 2.24) is 9.97 Å². The first-order valence-electron chi connectivity index (χ1n) is 5.39. The van der Waals surface area contributed by atoms with Gasteiger partial charge in [0.1, 0.15) is 5.82 Å². The number of phenols is 1. The quantitative estimate of drug-likeness (QED) is 0.665. The van der Waals surface area contributed by atoms with Crippen LogP contribution in [0.25, 0.3) is 22.4 Å². The molecule has 0 fully saturated rings. The number of fused-ring (bicyclic) bond motifs is 1. The van der Waals surface area contributed by atoms with Crippen LogP contribution in [-0.4, -0.2) is 15.1 Å². The van der Waals surface area contributed by atoms with Gasteiger partial charge in [0, 0.05) is 0 Å². The highest BCUT2D eigenvalue weighted by atomic mass is 79.9. The number of aromatic nitrogens is 2. The summed E-state index contributed by atoms with van der Waals surface area (Å²) in [5.74, 6) is -2.99. The average molecular weight is 325 g/mol. The maximum absolute atomic E-state index is 13.8. The van der Waals surface area contributed by atoms with Crippen LogP contribution in [0.3, 0.4) is 0 Å². The summed E-state index contributed by atoms with van der Waals surface area (Å²) in [5, 5.41) is 9.31. The maximum atomic E-state index is 13.8. The summed E-state index contributed by atoms with van der Waals surface area (Å²) in [6.45, 7) is 0. The molecule has 1 aromatic heterocycles. The van der Waals surface area contributed by atoms with E-state index in [-0.39, 0.29) is 15.9 Å². The molecular formula is C13H7BrF2N2O. The Hall–Kier alpha value is -1.95. The van der Waals surface area contributed by atoms with Gasteiger partial charge in [0.25, 0.3) is 0 Å². The largest absolute Gasteiger partial charge is 0.504 e. The van der Waals surface area contributed by atoms with Gasteiger partial charge in [-0.2, -0.15) is 4.39 Å². The summed E-state index contributed by atoms with van der Waals surface area (Å²) >= 11 is 2.97. The zero-order chi connectivity index (χ0) is 13.6. The van der Waals surface area contributed by atoms with Crippen molar-refractivity contribution in [3.63, 3.8) is 0 Å². The maximum Gasteiger partial charge on any atom is 0.202 e. The van der Waals surface area contributed by atoms with Gasteiger partial charge < -0.3 is 10.1 Å². The predicted octanol–water partition coefficient (Wildman–Crippen LogP) is 3.98. The molecule has 0 amide bonds. The van der Waals surface area contributed by atoms with Crippen LogP contribution in [0.15, 0.2) is 34.8 Å². The van der Waals surface area contributed by atoms with Crippen LogP contribution in [0.5, 0.6) is 5.75 Å². The second-order valence-electron chi connectivity index (χ2n) is 3.99. The molecule has 19 heavy (non-hydrogen) atoms. The lowest BCUT2D eigenvalue weighted by atomic mass is 10.2. The first-order chi connectivity index (χ1) is 9.08. The zero-order valence-corrected chi connectivity index (χ0v) is 11.0. The Morgan fingerprint density at radius 2 is 1.89 bits per heavy atom. The smallest absolute Gasteiger partial charge is 0.202 e. The Kier molecular flexibility index (Phi) is 2.74. The molecule has 2 aromatic carbocycles. The van der Waals surface area contributed by atoms with E-state index in [4.69, 9.17) is 0 Å². The van der Waals surface area contributed by atoms with E-state index in [1.807, 2.05) is 6.07 Å². The molecule has 0 aliphatic carbocycles. The fourth-order valence-corrected chi connectivity index (χ4v) is 2.24. The van der Waals surface area contributed by atoms with Gasteiger partial charge in [0.15, 0.2) is 11.6 Å². The van der Waals surface area contributed by atoms with E-state index in [0.717, 1.165) is 5.52 Å². The van der Waals surface area contributed by atoms with Crippen LogP contribution in [0.4, 0.5) is 8.78 Å². The molecule has 0 saturated heterocycles. The van der Waals surface area contributed by atoms with Crippen molar-refractivity contribution in [2.45, 2.75) is 0 Å². The van der Waals surface area contributed by atoms with Gasteiger partial charge in [-0.3, -0.25) is 0 Å². The Bertz CT molecular complexity index is 753. The highest BCUT2D eigenvalue weighted by Gasteiger charge is 2.19. The summed E-state index contributed by atoms with van der Waals surface area (Å²) in [6.07, 6.45) is 0. The van der Waals surface area contributed by atoms with Gasteiger partial charge in [-0.15, -0.1) is 0 Å². The van der Waals surface area contributed by atoms with Crippen molar-refractivity contribution in [2.24, 2.45) is 0 Å². The van der Waals surface area contributed by atoms with Gasteiger partial charge in [-0.05, 0) is 34.1 Å². The number of benzene rings is 2. The summed E-state index contributed by atoms with van der Waals surface area (Å²) in [4.78, 5) is 7.10. The Balaban J connectivity index is 2.27. The van der Waals surface area contributed by atoms with Crippen LogP contribution in [0, 0.1) is 11.6 Å². The lowest BCUT2D eigenvalue weighted by molar-refractivity contribution is 0.405. The second-order valence-corrected chi connectivity index (χ2v) is 4.84. The third-order valence-electron chi connectivity index (χ3n) is 2.78. The predicted molar refractivity (Wildman–Crippen MR) is 70.8 cm³/mol. The van der Waals surface area contributed by atoms with E-state index in [0.29, 0.717) is 5.52 Å². The average Bonchev–Trinajstić information content (AvgIpc) is 2.84. The fourth-order valence-electron chi connectivity index (χ4n) is 1.84. The number of aromatic amines is 1. The molecule has 0 saturated carbocycles. The molecule has 0 atom stereocenters. The highest BCUT2D eigenvalue weighted by molar-refractivity contribution is 9.10. The summed E-state index contributed by atoms with van der Waals surface area (Å²) in [7, 11) is 0. The van der Waals surface area contributed by atoms with Crippen molar-refractivity contribution in [3.05, 3.63) is 46.4 Å². The third kappa shape index (κ3) is 1.88. The molecule has 0 spiro atoms. The number of imidazole rings is 1. The number of hydrogen-bond acceptors (Lipinski definition) is 2. The number of halogens is 3. The number of nitrogens with one attached hydrogen (secondary N) is 1.